The number of carbonyl (C=O) groups is 1. The Morgan fingerprint density at radius 1 is 1.42 bits per heavy atom. The first-order chi connectivity index (χ1) is 5.68. The minimum atomic E-state index is 0.0862. The summed E-state index contributed by atoms with van der Waals surface area (Å²) in [6.45, 7) is 1.85. The van der Waals surface area contributed by atoms with E-state index in [2.05, 4.69) is 5.32 Å². The Bertz CT molecular complexity index is 266. The van der Waals surface area contributed by atoms with Crippen LogP contribution < -0.4 is 5.32 Å². The van der Waals surface area contributed by atoms with E-state index in [1.165, 1.54) is 6.92 Å². The van der Waals surface area contributed by atoms with Crippen LogP contribution in [0.25, 0.3) is 0 Å². The molecule has 0 bridgehead atoms. The molecular formula is C9H11NO2. The van der Waals surface area contributed by atoms with Gasteiger partial charge in [-0.1, -0.05) is 0 Å². The predicted molar refractivity (Wildman–Crippen MR) is 47.3 cm³/mol. The molecule has 2 N–H and O–H groups in total. The van der Waals surface area contributed by atoms with Crippen LogP contribution in [0, 0.1) is 0 Å². The fourth-order valence-corrected chi connectivity index (χ4v) is 0.806. The van der Waals surface area contributed by atoms with E-state index in [0.29, 0.717) is 6.54 Å². The second kappa shape index (κ2) is 3.76. The molecule has 3 nitrogen and oxygen atoms in total. The molecule has 0 spiro atoms. The van der Waals surface area contributed by atoms with Gasteiger partial charge in [-0.05, 0) is 31.2 Å². The number of phenolic OH excluding ortho intramolecular Hbond substituents is 1. The first-order valence-corrected chi connectivity index (χ1v) is 3.71. The number of anilines is 1. The van der Waals surface area contributed by atoms with Gasteiger partial charge in [-0.2, -0.15) is 0 Å². The lowest BCUT2D eigenvalue weighted by Crippen LogP contribution is -2.09. The molecule has 0 aliphatic carbocycles. The summed E-state index contributed by atoms with van der Waals surface area (Å²) in [4.78, 5) is 10.6. The van der Waals surface area contributed by atoms with Gasteiger partial charge in [-0.3, -0.25) is 4.79 Å². The van der Waals surface area contributed by atoms with Crippen molar-refractivity contribution in [1.82, 2.24) is 0 Å². The first-order valence-electron chi connectivity index (χ1n) is 3.71. The molecule has 1 aromatic carbocycles. The summed E-state index contributed by atoms with van der Waals surface area (Å²) < 4.78 is 0. The van der Waals surface area contributed by atoms with Crippen molar-refractivity contribution in [2.75, 3.05) is 11.9 Å². The summed E-state index contributed by atoms with van der Waals surface area (Å²) in [6, 6.07) is 6.58. The summed E-state index contributed by atoms with van der Waals surface area (Å²) in [6.07, 6.45) is 0. The van der Waals surface area contributed by atoms with Gasteiger partial charge in [0, 0.05) is 5.69 Å². The Balaban J connectivity index is 2.53. The molecule has 0 aliphatic heterocycles. The number of Topliss-reactive ketones (excluding diaryl/α,β-unsaturated/α-hetero) is 1. The second-order valence-corrected chi connectivity index (χ2v) is 2.60. The van der Waals surface area contributed by atoms with Gasteiger partial charge in [0.15, 0.2) is 0 Å². The van der Waals surface area contributed by atoms with E-state index in [1.54, 1.807) is 24.3 Å². The van der Waals surface area contributed by atoms with Crippen LogP contribution in [0.1, 0.15) is 6.92 Å². The number of aromatic hydroxyl groups is 1. The van der Waals surface area contributed by atoms with E-state index in [4.69, 9.17) is 5.11 Å². The summed E-state index contributed by atoms with van der Waals surface area (Å²) >= 11 is 0. The Labute approximate surface area is 71.0 Å². The maximum atomic E-state index is 10.6. The summed E-state index contributed by atoms with van der Waals surface area (Å²) in [7, 11) is 0. The van der Waals surface area contributed by atoms with Crippen LogP contribution in [0.4, 0.5) is 5.69 Å². The Morgan fingerprint density at radius 3 is 2.50 bits per heavy atom. The minimum Gasteiger partial charge on any atom is -0.508 e. The number of phenols is 1. The third-order valence-corrected chi connectivity index (χ3v) is 1.41. The highest BCUT2D eigenvalue weighted by atomic mass is 16.3. The third kappa shape index (κ3) is 2.62. The summed E-state index contributed by atoms with van der Waals surface area (Å²) in [5, 5.41) is 11.9. The molecule has 1 aromatic rings. The van der Waals surface area contributed by atoms with E-state index in [9.17, 15) is 4.79 Å². The molecule has 0 amide bonds. The van der Waals surface area contributed by atoms with Gasteiger partial charge in [0.25, 0.3) is 0 Å². The van der Waals surface area contributed by atoms with Crippen LogP contribution >= 0.6 is 0 Å². The number of rotatable bonds is 3. The number of ketones is 1. The molecule has 1 rings (SSSR count). The number of hydrogen-bond donors (Lipinski definition) is 2. The maximum absolute atomic E-state index is 10.6. The summed E-state index contributed by atoms with van der Waals surface area (Å²) in [5.74, 6) is 0.312. The number of benzene rings is 1. The monoisotopic (exact) mass is 165 g/mol. The van der Waals surface area contributed by atoms with E-state index < -0.39 is 0 Å². The van der Waals surface area contributed by atoms with E-state index in [0.717, 1.165) is 5.69 Å². The zero-order chi connectivity index (χ0) is 8.97. The lowest BCUT2D eigenvalue weighted by atomic mass is 10.3. The standard InChI is InChI=1S/C9H11NO2/c1-7(11)6-10-8-2-4-9(12)5-3-8/h2-5,10,12H,6H2,1H3. The lowest BCUT2D eigenvalue weighted by molar-refractivity contribution is -0.115. The van der Waals surface area contributed by atoms with Crippen LogP contribution in [0.3, 0.4) is 0 Å². The molecular weight excluding hydrogens is 154 g/mol. The molecule has 12 heavy (non-hydrogen) atoms. The smallest absolute Gasteiger partial charge is 0.148 e. The fourth-order valence-electron chi connectivity index (χ4n) is 0.806. The highest BCUT2D eigenvalue weighted by molar-refractivity contribution is 5.80. The highest BCUT2D eigenvalue weighted by Crippen LogP contribution is 2.12. The molecule has 0 aromatic heterocycles. The molecule has 3 heteroatoms. The normalized spacial score (nSPS) is 9.42. The molecule has 64 valence electrons. The molecule has 0 radical (unpaired) electrons. The molecule has 0 heterocycles. The van der Waals surface area contributed by atoms with Crippen LogP contribution in [-0.4, -0.2) is 17.4 Å². The number of nitrogens with one attached hydrogen (secondary N) is 1. The van der Waals surface area contributed by atoms with Crippen LogP contribution in [0.5, 0.6) is 5.75 Å². The highest BCUT2D eigenvalue weighted by Gasteiger charge is 1.93. The van der Waals surface area contributed by atoms with Gasteiger partial charge >= 0.3 is 0 Å². The Hall–Kier alpha value is -1.51. The quantitative estimate of drug-likeness (QED) is 0.665. The van der Waals surface area contributed by atoms with Gasteiger partial charge in [0.1, 0.15) is 11.5 Å². The Morgan fingerprint density at radius 2 is 2.00 bits per heavy atom. The van der Waals surface area contributed by atoms with E-state index in [-0.39, 0.29) is 11.5 Å². The van der Waals surface area contributed by atoms with Gasteiger partial charge in [0.2, 0.25) is 0 Å². The minimum absolute atomic E-state index is 0.0862. The second-order valence-electron chi connectivity index (χ2n) is 2.60. The van der Waals surface area contributed by atoms with Crippen molar-refractivity contribution in [3.63, 3.8) is 0 Å². The molecule has 0 saturated carbocycles. The van der Waals surface area contributed by atoms with Crippen LogP contribution in [0.2, 0.25) is 0 Å². The molecule has 0 atom stereocenters. The van der Waals surface area contributed by atoms with Crippen LogP contribution in [0.15, 0.2) is 24.3 Å². The van der Waals surface area contributed by atoms with Crippen molar-refractivity contribution in [2.45, 2.75) is 6.92 Å². The van der Waals surface area contributed by atoms with Gasteiger partial charge in [-0.15, -0.1) is 0 Å². The average molecular weight is 165 g/mol. The topological polar surface area (TPSA) is 49.3 Å². The fraction of sp³-hybridized carbons (Fsp3) is 0.222. The zero-order valence-corrected chi connectivity index (χ0v) is 6.87. The largest absolute Gasteiger partial charge is 0.508 e. The van der Waals surface area contributed by atoms with Gasteiger partial charge < -0.3 is 10.4 Å². The van der Waals surface area contributed by atoms with Crippen molar-refractivity contribution in [3.8, 4) is 5.75 Å². The van der Waals surface area contributed by atoms with Gasteiger partial charge in [-0.25, -0.2) is 0 Å². The van der Waals surface area contributed by atoms with Crippen molar-refractivity contribution >= 4 is 11.5 Å². The number of hydrogen-bond acceptors (Lipinski definition) is 3. The third-order valence-electron chi connectivity index (χ3n) is 1.41. The van der Waals surface area contributed by atoms with Gasteiger partial charge in [0.05, 0.1) is 6.54 Å². The molecule has 0 aliphatic rings. The lowest BCUT2D eigenvalue weighted by Gasteiger charge is -2.02. The maximum Gasteiger partial charge on any atom is 0.148 e. The van der Waals surface area contributed by atoms with E-state index >= 15 is 0 Å². The molecule has 0 unspecified atom stereocenters. The average Bonchev–Trinajstić information content (AvgIpc) is 2.03. The van der Waals surface area contributed by atoms with Crippen molar-refractivity contribution in [2.24, 2.45) is 0 Å². The van der Waals surface area contributed by atoms with E-state index in [1.807, 2.05) is 0 Å². The van der Waals surface area contributed by atoms with Crippen molar-refractivity contribution in [1.29, 1.82) is 0 Å². The number of carbonyl (C=O) groups excluding carboxylic acids is 1. The van der Waals surface area contributed by atoms with Crippen molar-refractivity contribution < 1.29 is 9.90 Å². The first kappa shape index (κ1) is 8.59. The predicted octanol–water partition coefficient (Wildman–Crippen LogP) is 1.39. The SMILES string of the molecule is CC(=O)CNc1ccc(O)cc1. The molecule has 0 saturated heterocycles. The molecule has 0 fully saturated rings. The Kier molecular flexibility index (Phi) is 2.69. The van der Waals surface area contributed by atoms with Crippen molar-refractivity contribution in [3.05, 3.63) is 24.3 Å². The zero-order valence-electron chi connectivity index (χ0n) is 6.87. The van der Waals surface area contributed by atoms with Crippen LogP contribution in [-0.2, 0) is 4.79 Å². The summed E-state index contributed by atoms with van der Waals surface area (Å²) in [5.41, 5.74) is 0.836.